The smallest absolute Gasteiger partial charge is 0.169 e. The normalized spacial score (nSPS) is 28.5. The van der Waals surface area contributed by atoms with Gasteiger partial charge in [-0.2, -0.15) is 5.26 Å². The van der Waals surface area contributed by atoms with E-state index in [1.807, 2.05) is 36.4 Å². The first kappa shape index (κ1) is 18.7. The van der Waals surface area contributed by atoms with Crippen molar-refractivity contribution in [3.8, 4) is 11.8 Å². The molecule has 0 spiro atoms. The summed E-state index contributed by atoms with van der Waals surface area (Å²) >= 11 is 0. The van der Waals surface area contributed by atoms with Crippen molar-refractivity contribution in [2.75, 3.05) is 7.11 Å². The average Bonchev–Trinajstić information content (AvgIpc) is 2.75. The summed E-state index contributed by atoms with van der Waals surface area (Å²) < 4.78 is 5.40. The molecule has 0 amide bonds. The third-order valence-electron chi connectivity index (χ3n) is 7.19. The number of hydrogen-bond donors (Lipinski definition) is 0. The van der Waals surface area contributed by atoms with Gasteiger partial charge in [0.15, 0.2) is 5.78 Å². The van der Waals surface area contributed by atoms with Gasteiger partial charge in [0.05, 0.1) is 13.2 Å². The molecule has 0 unspecified atom stereocenters. The van der Waals surface area contributed by atoms with Crippen LogP contribution in [0.4, 0.5) is 0 Å². The van der Waals surface area contributed by atoms with Crippen LogP contribution in [0.2, 0.25) is 0 Å². The van der Waals surface area contributed by atoms with E-state index in [1.54, 1.807) is 7.11 Å². The SMILES string of the molecule is COc1ccc2c(c1)CC[C@@H]1[C@@H]2CC[C@](C)(C(=O)c2ccccc2)[C@H]1CC#N. The van der Waals surface area contributed by atoms with Crippen LogP contribution in [0.15, 0.2) is 48.5 Å². The van der Waals surface area contributed by atoms with Gasteiger partial charge in [0.25, 0.3) is 0 Å². The first-order valence-electron chi connectivity index (χ1n) is 10.2. The molecule has 1 fully saturated rings. The number of fused-ring (bicyclic) bond motifs is 3. The van der Waals surface area contributed by atoms with Crippen molar-refractivity contribution < 1.29 is 9.53 Å². The number of nitriles is 1. The van der Waals surface area contributed by atoms with Crippen LogP contribution in [-0.2, 0) is 6.42 Å². The third-order valence-corrected chi connectivity index (χ3v) is 7.19. The lowest BCUT2D eigenvalue weighted by molar-refractivity contribution is 0.0298. The lowest BCUT2D eigenvalue weighted by Crippen LogP contribution is -2.47. The van der Waals surface area contributed by atoms with Crippen LogP contribution in [0, 0.1) is 28.6 Å². The first-order valence-corrected chi connectivity index (χ1v) is 10.2. The zero-order valence-corrected chi connectivity index (χ0v) is 16.7. The second-order valence-corrected chi connectivity index (χ2v) is 8.49. The van der Waals surface area contributed by atoms with Gasteiger partial charge in [0, 0.05) is 17.4 Å². The molecule has 2 aliphatic rings. The molecule has 0 aromatic heterocycles. The maximum absolute atomic E-state index is 13.5. The Bertz CT molecular complexity index is 914. The van der Waals surface area contributed by atoms with Crippen LogP contribution in [-0.4, -0.2) is 12.9 Å². The molecule has 0 bridgehead atoms. The second kappa shape index (κ2) is 7.43. The third kappa shape index (κ3) is 3.02. The molecular formula is C25H27NO2. The van der Waals surface area contributed by atoms with E-state index in [0.29, 0.717) is 18.3 Å². The van der Waals surface area contributed by atoms with Crippen LogP contribution in [0.25, 0.3) is 0 Å². The average molecular weight is 373 g/mol. The van der Waals surface area contributed by atoms with E-state index in [0.717, 1.165) is 37.0 Å². The molecule has 4 rings (SSSR count). The minimum absolute atomic E-state index is 0.0965. The summed E-state index contributed by atoms with van der Waals surface area (Å²) in [5.74, 6) is 2.02. The molecule has 2 aromatic rings. The summed E-state index contributed by atoms with van der Waals surface area (Å²) in [6.45, 7) is 2.10. The van der Waals surface area contributed by atoms with Crippen LogP contribution < -0.4 is 4.74 Å². The summed E-state index contributed by atoms with van der Waals surface area (Å²) in [5, 5.41) is 9.58. The van der Waals surface area contributed by atoms with Gasteiger partial charge in [-0.25, -0.2) is 0 Å². The Morgan fingerprint density at radius 3 is 2.71 bits per heavy atom. The largest absolute Gasteiger partial charge is 0.497 e. The monoisotopic (exact) mass is 373 g/mol. The Labute approximate surface area is 167 Å². The molecule has 0 N–H and O–H groups in total. The van der Waals surface area contributed by atoms with Crippen molar-refractivity contribution in [2.45, 2.75) is 44.9 Å². The van der Waals surface area contributed by atoms with Crippen molar-refractivity contribution >= 4 is 5.78 Å². The van der Waals surface area contributed by atoms with Gasteiger partial charge in [-0.3, -0.25) is 4.79 Å². The van der Waals surface area contributed by atoms with E-state index in [9.17, 15) is 10.1 Å². The van der Waals surface area contributed by atoms with Crippen molar-refractivity contribution in [3.05, 3.63) is 65.2 Å². The van der Waals surface area contributed by atoms with E-state index in [4.69, 9.17) is 4.74 Å². The van der Waals surface area contributed by atoms with Gasteiger partial charge in [-0.1, -0.05) is 43.3 Å². The standard InChI is InChI=1S/C25H27NO2/c1-25(24(27)17-6-4-3-5-7-17)14-12-21-20-11-9-19(28-2)16-18(20)8-10-22(21)23(25)13-15-26/h3-7,9,11,16,21-23H,8,10,12-14H2,1-2H3/t21-,22-,23+,25+/m1/s1. The number of nitrogens with zero attached hydrogens (tertiary/aromatic N) is 1. The fourth-order valence-electron chi connectivity index (χ4n) is 5.68. The predicted molar refractivity (Wildman–Crippen MR) is 109 cm³/mol. The molecule has 144 valence electrons. The maximum atomic E-state index is 13.5. The number of Topliss-reactive ketones (excluding diaryl/α,β-unsaturated/α-hetero) is 1. The topological polar surface area (TPSA) is 50.1 Å². The van der Waals surface area contributed by atoms with E-state index in [2.05, 4.69) is 25.1 Å². The van der Waals surface area contributed by atoms with E-state index < -0.39 is 5.41 Å². The molecule has 2 aliphatic carbocycles. The summed E-state index contributed by atoms with van der Waals surface area (Å²) in [6.07, 6.45) is 4.31. The maximum Gasteiger partial charge on any atom is 0.169 e. The number of ketones is 1. The zero-order chi connectivity index (χ0) is 19.7. The molecule has 1 saturated carbocycles. The minimum atomic E-state index is -0.470. The molecule has 0 heterocycles. The van der Waals surface area contributed by atoms with Crippen molar-refractivity contribution in [3.63, 3.8) is 0 Å². The number of methoxy groups -OCH3 is 1. The highest BCUT2D eigenvalue weighted by Gasteiger charge is 2.51. The van der Waals surface area contributed by atoms with Crippen LogP contribution in [0.1, 0.15) is 60.0 Å². The molecule has 3 heteroatoms. The fraction of sp³-hybridized carbons (Fsp3) is 0.440. The first-order chi connectivity index (χ1) is 13.6. The van der Waals surface area contributed by atoms with Crippen molar-refractivity contribution in [1.82, 2.24) is 0 Å². The van der Waals surface area contributed by atoms with Crippen LogP contribution in [0.5, 0.6) is 5.75 Å². The molecule has 28 heavy (non-hydrogen) atoms. The van der Waals surface area contributed by atoms with Gasteiger partial charge in [0.2, 0.25) is 0 Å². The van der Waals surface area contributed by atoms with Crippen molar-refractivity contribution in [1.29, 1.82) is 5.26 Å². The Kier molecular flexibility index (Phi) is 4.98. The van der Waals surface area contributed by atoms with E-state index >= 15 is 0 Å². The Morgan fingerprint density at radius 1 is 1.21 bits per heavy atom. The van der Waals surface area contributed by atoms with Gasteiger partial charge >= 0.3 is 0 Å². The van der Waals surface area contributed by atoms with Gasteiger partial charge in [0.1, 0.15) is 5.75 Å². The number of ether oxygens (including phenoxy) is 1. The predicted octanol–water partition coefficient (Wildman–Crippen LogP) is 5.55. The number of hydrogen-bond acceptors (Lipinski definition) is 3. The summed E-state index contributed by atoms with van der Waals surface area (Å²) in [5.41, 5.74) is 3.07. The minimum Gasteiger partial charge on any atom is -0.497 e. The highest BCUT2D eigenvalue weighted by molar-refractivity contribution is 6.00. The van der Waals surface area contributed by atoms with Gasteiger partial charge < -0.3 is 4.74 Å². The number of rotatable bonds is 4. The Balaban J connectivity index is 1.69. The quantitative estimate of drug-likeness (QED) is 0.660. The summed E-state index contributed by atoms with van der Waals surface area (Å²) in [6, 6.07) is 18.4. The van der Waals surface area contributed by atoms with Crippen LogP contribution in [0.3, 0.4) is 0 Å². The number of carbonyl (C=O) groups is 1. The second-order valence-electron chi connectivity index (χ2n) is 8.49. The van der Waals surface area contributed by atoms with Crippen LogP contribution >= 0.6 is 0 Å². The molecule has 3 nitrogen and oxygen atoms in total. The molecular weight excluding hydrogens is 346 g/mol. The summed E-state index contributed by atoms with van der Waals surface area (Å²) in [4.78, 5) is 13.5. The van der Waals surface area contributed by atoms with Gasteiger partial charge in [-0.05, 0) is 66.7 Å². The van der Waals surface area contributed by atoms with Gasteiger partial charge in [-0.15, -0.1) is 0 Å². The highest BCUT2D eigenvalue weighted by atomic mass is 16.5. The molecule has 0 aliphatic heterocycles. The Morgan fingerprint density at radius 2 is 2.00 bits per heavy atom. The van der Waals surface area contributed by atoms with E-state index in [-0.39, 0.29) is 11.7 Å². The number of benzene rings is 2. The highest BCUT2D eigenvalue weighted by Crippen LogP contribution is 2.56. The zero-order valence-electron chi connectivity index (χ0n) is 16.7. The summed E-state index contributed by atoms with van der Waals surface area (Å²) in [7, 11) is 1.71. The number of carbonyl (C=O) groups excluding carboxylic acids is 1. The van der Waals surface area contributed by atoms with Crippen molar-refractivity contribution in [2.24, 2.45) is 17.3 Å². The molecule has 4 atom stereocenters. The molecule has 0 saturated heterocycles. The number of aryl methyl sites for hydroxylation is 1. The lowest BCUT2D eigenvalue weighted by Gasteiger charge is -2.50. The molecule has 0 radical (unpaired) electrons. The fourth-order valence-corrected chi connectivity index (χ4v) is 5.68. The van der Waals surface area contributed by atoms with E-state index in [1.165, 1.54) is 11.1 Å². The Hall–Kier alpha value is -2.60. The molecule has 2 aromatic carbocycles. The lowest BCUT2D eigenvalue weighted by atomic mass is 9.52.